The highest BCUT2D eigenvalue weighted by molar-refractivity contribution is 14.1. The van der Waals surface area contributed by atoms with E-state index in [2.05, 4.69) is 27.7 Å². The Morgan fingerprint density at radius 2 is 2.16 bits per heavy atom. The maximum atomic E-state index is 10.9. The maximum Gasteiger partial charge on any atom is 0.150 e. The van der Waals surface area contributed by atoms with Gasteiger partial charge in [0.1, 0.15) is 12.0 Å². The number of nitrogens with zero attached hydrogens (tertiary/aromatic N) is 2. The topological polar surface area (TPSA) is 44.1 Å². The normalized spacial score (nSPS) is 10.5. The molecule has 1 aromatic carbocycles. The molecule has 4 nitrogen and oxygen atoms in total. The van der Waals surface area contributed by atoms with E-state index in [-0.39, 0.29) is 0 Å². The summed E-state index contributed by atoms with van der Waals surface area (Å²) in [6.07, 6.45) is 0.841. The number of aldehydes is 1. The SMILES string of the molecule is COc1ccc(C=O)cc1Cn1nc(C)c(I)c1C. The summed E-state index contributed by atoms with van der Waals surface area (Å²) in [7, 11) is 1.63. The number of benzene rings is 1. The number of carbonyl (C=O) groups excluding carboxylic acids is 1. The molecule has 0 amide bonds. The van der Waals surface area contributed by atoms with E-state index < -0.39 is 0 Å². The molecule has 100 valence electrons. The Morgan fingerprint density at radius 1 is 1.42 bits per heavy atom. The Balaban J connectivity index is 2.41. The fourth-order valence-electron chi connectivity index (χ4n) is 1.99. The van der Waals surface area contributed by atoms with Crippen LogP contribution in [0.5, 0.6) is 5.75 Å². The van der Waals surface area contributed by atoms with Crippen LogP contribution in [0.2, 0.25) is 0 Å². The van der Waals surface area contributed by atoms with E-state index in [4.69, 9.17) is 4.74 Å². The summed E-state index contributed by atoms with van der Waals surface area (Å²) in [5, 5.41) is 4.50. The van der Waals surface area contributed by atoms with Gasteiger partial charge in [0.15, 0.2) is 0 Å². The first-order valence-corrected chi connectivity index (χ1v) is 6.96. The second-order valence-electron chi connectivity index (χ2n) is 4.33. The van der Waals surface area contributed by atoms with Gasteiger partial charge in [-0.05, 0) is 54.6 Å². The molecular weight excluding hydrogens is 355 g/mol. The van der Waals surface area contributed by atoms with Gasteiger partial charge in [-0.15, -0.1) is 0 Å². The van der Waals surface area contributed by atoms with Gasteiger partial charge < -0.3 is 4.74 Å². The van der Waals surface area contributed by atoms with Crippen molar-refractivity contribution >= 4 is 28.9 Å². The molecule has 0 fully saturated rings. The first kappa shape index (κ1) is 14.0. The Morgan fingerprint density at radius 3 is 2.68 bits per heavy atom. The third-order valence-electron chi connectivity index (χ3n) is 3.05. The molecule has 2 rings (SSSR count). The second kappa shape index (κ2) is 5.73. The Bertz CT molecular complexity index is 620. The molecule has 2 aromatic rings. The van der Waals surface area contributed by atoms with Crippen LogP contribution < -0.4 is 4.74 Å². The zero-order valence-electron chi connectivity index (χ0n) is 11.1. The number of aryl methyl sites for hydroxylation is 1. The minimum Gasteiger partial charge on any atom is -0.496 e. The molecule has 0 unspecified atom stereocenters. The lowest BCUT2D eigenvalue weighted by molar-refractivity contribution is 0.112. The van der Waals surface area contributed by atoms with E-state index >= 15 is 0 Å². The van der Waals surface area contributed by atoms with Gasteiger partial charge in [0, 0.05) is 16.8 Å². The molecule has 0 aliphatic carbocycles. The summed E-state index contributed by atoms with van der Waals surface area (Å²) in [6, 6.07) is 5.41. The molecule has 0 radical (unpaired) electrons. The lowest BCUT2D eigenvalue weighted by Crippen LogP contribution is -2.06. The van der Waals surface area contributed by atoms with Crippen LogP contribution in [0.25, 0.3) is 0 Å². The molecule has 5 heteroatoms. The number of carbonyl (C=O) groups is 1. The molecule has 0 aliphatic heterocycles. The van der Waals surface area contributed by atoms with Crippen LogP contribution in [0.4, 0.5) is 0 Å². The maximum absolute atomic E-state index is 10.9. The molecule has 0 spiro atoms. The number of rotatable bonds is 4. The van der Waals surface area contributed by atoms with Gasteiger partial charge in [-0.1, -0.05) is 0 Å². The van der Waals surface area contributed by atoms with Gasteiger partial charge in [-0.3, -0.25) is 9.48 Å². The minimum absolute atomic E-state index is 0.598. The fourth-order valence-corrected chi connectivity index (χ4v) is 2.37. The number of methoxy groups -OCH3 is 1. The Labute approximate surface area is 125 Å². The van der Waals surface area contributed by atoms with E-state index in [0.717, 1.165) is 29.0 Å². The average Bonchev–Trinajstić information content (AvgIpc) is 2.66. The highest BCUT2D eigenvalue weighted by Gasteiger charge is 2.11. The van der Waals surface area contributed by atoms with Crippen molar-refractivity contribution < 1.29 is 9.53 Å². The number of halogens is 1. The minimum atomic E-state index is 0.598. The first-order chi connectivity index (χ1) is 9.06. The van der Waals surface area contributed by atoms with Gasteiger partial charge in [0.25, 0.3) is 0 Å². The van der Waals surface area contributed by atoms with Crippen LogP contribution in [0.1, 0.15) is 27.3 Å². The van der Waals surface area contributed by atoms with Gasteiger partial charge in [-0.25, -0.2) is 0 Å². The van der Waals surface area contributed by atoms with Crippen molar-refractivity contribution in [3.05, 3.63) is 44.3 Å². The summed E-state index contributed by atoms with van der Waals surface area (Å²) in [4.78, 5) is 10.9. The lowest BCUT2D eigenvalue weighted by atomic mass is 10.1. The molecule has 0 N–H and O–H groups in total. The molecule has 1 heterocycles. The molecule has 0 saturated heterocycles. The summed E-state index contributed by atoms with van der Waals surface area (Å²) in [5.41, 5.74) is 3.74. The number of ether oxygens (including phenoxy) is 1. The van der Waals surface area contributed by atoms with Crippen molar-refractivity contribution in [2.24, 2.45) is 0 Å². The largest absolute Gasteiger partial charge is 0.496 e. The number of hydrogen-bond acceptors (Lipinski definition) is 3. The number of hydrogen-bond donors (Lipinski definition) is 0. The molecule has 0 bridgehead atoms. The standard InChI is InChI=1S/C14H15IN2O2/c1-9-14(15)10(2)17(16-9)7-12-6-11(8-18)4-5-13(12)19-3/h4-6,8H,7H2,1-3H3. The molecule has 19 heavy (non-hydrogen) atoms. The molecule has 0 saturated carbocycles. The monoisotopic (exact) mass is 370 g/mol. The summed E-state index contributed by atoms with van der Waals surface area (Å²) >= 11 is 2.29. The smallest absolute Gasteiger partial charge is 0.150 e. The van der Waals surface area contributed by atoms with Gasteiger partial charge >= 0.3 is 0 Å². The van der Waals surface area contributed by atoms with Crippen LogP contribution in [-0.2, 0) is 6.54 Å². The molecule has 0 aliphatic rings. The van der Waals surface area contributed by atoms with Crippen molar-refractivity contribution in [2.45, 2.75) is 20.4 Å². The predicted octanol–water partition coefficient (Wildman–Crippen LogP) is 2.97. The fraction of sp³-hybridized carbons (Fsp3) is 0.286. The van der Waals surface area contributed by atoms with Crippen molar-refractivity contribution in [3.63, 3.8) is 0 Å². The highest BCUT2D eigenvalue weighted by atomic mass is 127. The van der Waals surface area contributed by atoms with Crippen molar-refractivity contribution in [1.82, 2.24) is 9.78 Å². The lowest BCUT2D eigenvalue weighted by Gasteiger charge is -2.10. The first-order valence-electron chi connectivity index (χ1n) is 5.88. The third-order valence-corrected chi connectivity index (χ3v) is 4.62. The number of aromatic nitrogens is 2. The van der Waals surface area contributed by atoms with Crippen LogP contribution in [0, 0.1) is 17.4 Å². The Kier molecular flexibility index (Phi) is 4.24. The third kappa shape index (κ3) is 2.80. The Hall–Kier alpha value is -1.37. The predicted molar refractivity (Wildman–Crippen MR) is 81.9 cm³/mol. The average molecular weight is 370 g/mol. The molecule has 1 aromatic heterocycles. The van der Waals surface area contributed by atoms with Gasteiger partial charge in [0.2, 0.25) is 0 Å². The zero-order chi connectivity index (χ0) is 14.0. The van der Waals surface area contributed by atoms with Crippen molar-refractivity contribution in [2.75, 3.05) is 7.11 Å². The van der Waals surface area contributed by atoms with Crippen LogP contribution in [-0.4, -0.2) is 23.2 Å². The van der Waals surface area contributed by atoms with E-state index in [9.17, 15) is 4.79 Å². The quantitative estimate of drug-likeness (QED) is 0.614. The van der Waals surface area contributed by atoms with Crippen molar-refractivity contribution in [1.29, 1.82) is 0 Å². The van der Waals surface area contributed by atoms with Gasteiger partial charge in [-0.2, -0.15) is 5.10 Å². The van der Waals surface area contributed by atoms with E-state index in [0.29, 0.717) is 12.1 Å². The summed E-state index contributed by atoms with van der Waals surface area (Å²) < 4.78 is 8.44. The highest BCUT2D eigenvalue weighted by Crippen LogP contribution is 2.22. The van der Waals surface area contributed by atoms with E-state index in [1.54, 1.807) is 13.2 Å². The van der Waals surface area contributed by atoms with Crippen LogP contribution in [0.15, 0.2) is 18.2 Å². The van der Waals surface area contributed by atoms with Crippen molar-refractivity contribution in [3.8, 4) is 5.75 Å². The van der Waals surface area contributed by atoms with Crippen LogP contribution >= 0.6 is 22.6 Å². The summed E-state index contributed by atoms with van der Waals surface area (Å²) in [5.74, 6) is 0.771. The summed E-state index contributed by atoms with van der Waals surface area (Å²) in [6.45, 7) is 4.63. The second-order valence-corrected chi connectivity index (χ2v) is 5.41. The van der Waals surface area contributed by atoms with Crippen LogP contribution in [0.3, 0.4) is 0 Å². The molecule has 0 atom stereocenters. The van der Waals surface area contributed by atoms with E-state index in [1.807, 2.05) is 30.7 Å². The van der Waals surface area contributed by atoms with E-state index in [1.165, 1.54) is 3.57 Å². The van der Waals surface area contributed by atoms with Gasteiger partial charge in [0.05, 0.1) is 22.9 Å². The molecular formula is C14H15IN2O2. The zero-order valence-corrected chi connectivity index (χ0v) is 13.3.